The Bertz CT molecular complexity index is 316. The normalized spacial score (nSPS) is 26.3. The summed E-state index contributed by atoms with van der Waals surface area (Å²) in [6.45, 7) is 2.32. The molecule has 0 N–H and O–H groups in total. The van der Waals surface area contributed by atoms with E-state index in [-0.39, 0.29) is 0 Å². The standard InChI is InChI=1S/C13H17ClO/c1-10-5-7-12(8-6-10)15-13-4-2-3-11(14)9-13/h2-4,9-10,12H,5-8H2,1H3. The van der Waals surface area contributed by atoms with E-state index in [0.29, 0.717) is 6.10 Å². The van der Waals surface area contributed by atoms with Crippen molar-refractivity contribution in [1.82, 2.24) is 0 Å². The fraction of sp³-hybridized carbons (Fsp3) is 0.538. The molecule has 0 aromatic heterocycles. The summed E-state index contributed by atoms with van der Waals surface area (Å²) in [4.78, 5) is 0. The van der Waals surface area contributed by atoms with Crippen LogP contribution >= 0.6 is 11.6 Å². The van der Waals surface area contributed by atoms with Gasteiger partial charge in [0, 0.05) is 5.02 Å². The molecule has 0 heterocycles. The molecule has 0 radical (unpaired) electrons. The van der Waals surface area contributed by atoms with E-state index in [1.54, 1.807) is 0 Å². The summed E-state index contributed by atoms with van der Waals surface area (Å²) < 4.78 is 5.90. The fourth-order valence-corrected chi connectivity index (χ4v) is 2.26. The van der Waals surface area contributed by atoms with Gasteiger partial charge >= 0.3 is 0 Å². The predicted molar refractivity (Wildman–Crippen MR) is 63.5 cm³/mol. The lowest BCUT2D eigenvalue weighted by Gasteiger charge is -2.26. The first kappa shape index (κ1) is 10.8. The van der Waals surface area contributed by atoms with Gasteiger partial charge in [-0.2, -0.15) is 0 Å². The Hall–Kier alpha value is -0.690. The molecule has 82 valence electrons. The molecule has 0 unspecified atom stereocenters. The summed E-state index contributed by atoms with van der Waals surface area (Å²) in [6.07, 6.45) is 5.30. The predicted octanol–water partition coefficient (Wildman–Crippen LogP) is 4.30. The van der Waals surface area contributed by atoms with E-state index in [1.165, 1.54) is 25.7 Å². The average Bonchev–Trinajstić information content (AvgIpc) is 2.22. The lowest BCUT2D eigenvalue weighted by molar-refractivity contribution is 0.135. The van der Waals surface area contributed by atoms with Gasteiger partial charge in [-0.25, -0.2) is 0 Å². The van der Waals surface area contributed by atoms with Crippen molar-refractivity contribution in [3.8, 4) is 5.75 Å². The van der Waals surface area contributed by atoms with Crippen LogP contribution in [0.4, 0.5) is 0 Å². The smallest absolute Gasteiger partial charge is 0.121 e. The number of hydrogen-bond donors (Lipinski definition) is 0. The highest BCUT2D eigenvalue weighted by Crippen LogP contribution is 2.27. The molecule has 1 aliphatic rings. The molecule has 1 aromatic carbocycles. The molecule has 0 spiro atoms. The average molecular weight is 225 g/mol. The highest BCUT2D eigenvalue weighted by Gasteiger charge is 2.19. The van der Waals surface area contributed by atoms with Gasteiger partial charge in [-0.15, -0.1) is 0 Å². The Morgan fingerprint density at radius 1 is 1.20 bits per heavy atom. The molecular weight excluding hydrogens is 208 g/mol. The van der Waals surface area contributed by atoms with E-state index < -0.39 is 0 Å². The van der Waals surface area contributed by atoms with Crippen molar-refractivity contribution in [2.75, 3.05) is 0 Å². The van der Waals surface area contributed by atoms with E-state index in [4.69, 9.17) is 16.3 Å². The first-order valence-electron chi connectivity index (χ1n) is 5.66. The molecule has 0 atom stereocenters. The van der Waals surface area contributed by atoms with Crippen LogP contribution in [0.15, 0.2) is 24.3 Å². The molecule has 2 rings (SSSR count). The molecule has 1 nitrogen and oxygen atoms in total. The zero-order valence-corrected chi connectivity index (χ0v) is 9.83. The Labute approximate surface area is 96.4 Å². The van der Waals surface area contributed by atoms with Crippen molar-refractivity contribution in [3.63, 3.8) is 0 Å². The van der Waals surface area contributed by atoms with Gasteiger partial charge in [0.05, 0.1) is 6.10 Å². The second-order valence-corrected chi connectivity index (χ2v) is 4.89. The molecule has 0 amide bonds. The lowest BCUT2D eigenvalue weighted by Crippen LogP contribution is -2.22. The minimum atomic E-state index is 0.389. The zero-order chi connectivity index (χ0) is 10.7. The largest absolute Gasteiger partial charge is 0.490 e. The monoisotopic (exact) mass is 224 g/mol. The first-order valence-corrected chi connectivity index (χ1v) is 6.04. The van der Waals surface area contributed by atoms with Crippen molar-refractivity contribution in [2.24, 2.45) is 5.92 Å². The highest BCUT2D eigenvalue weighted by molar-refractivity contribution is 6.30. The van der Waals surface area contributed by atoms with Crippen molar-refractivity contribution >= 4 is 11.6 Å². The highest BCUT2D eigenvalue weighted by atomic mass is 35.5. The van der Waals surface area contributed by atoms with Crippen LogP contribution in [0.3, 0.4) is 0 Å². The van der Waals surface area contributed by atoms with Gasteiger partial charge in [-0.05, 0) is 49.8 Å². The van der Waals surface area contributed by atoms with Crippen LogP contribution in [-0.2, 0) is 0 Å². The molecule has 15 heavy (non-hydrogen) atoms. The van der Waals surface area contributed by atoms with Gasteiger partial charge in [0.1, 0.15) is 5.75 Å². The second kappa shape index (κ2) is 4.89. The van der Waals surface area contributed by atoms with E-state index in [1.807, 2.05) is 24.3 Å². The fourth-order valence-electron chi connectivity index (χ4n) is 2.08. The number of rotatable bonds is 2. The number of hydrogen-bond acceptors (Lipinski definition) is 1. The minimum Gasteiger partial charge on any atom is -0.490 e. The SMILES string of the molecule is CC1CCC(Oc2cccc(Cl)c2)CC1. The van der Waals surface area contributed by atoms with Gasteiger partial charge in [0.2, 0.25) is 0 Å². The van der Waals surface area contributed by atoms with Crippen LogP contribution in [-0.4, -0.2) is 6.10 Å². The van der Waals surface area contributed by atoms with E-state index in [9.17, 15) is 0 Å². The molecule has 1 aromatic rings. The van der Waals surface area contributed by atoms with E-state index >= 15 is 0 Å². The van der Waals surface area contributed by atoms with Crippen LogP contribution in [0.5, 0.6) is 5.75 Å². The van der Waals surface area contributed by atoms with Gasteiger partial charge in [0.25, 0.3) is 0 Å². The molecule has 0 aliphatic heterocycles. The lowest BCUT2D eigenvalue weighted by atomic mass is 9.89. The van der Waals surface area contributed by atoms with Crippen LogP contribution < -0.4 is 4.74 Å². The molecular formula is C13H17ClO. The summed E-state index contributed by atoms with van der Waals surface area (Å²) in [6, 6.07) is 7.67. The number of benzene rings is 1. The van der Waals surface area contributed by atoms with E-state index in [0.717, 1.165) is 16.7 Å². The quantitative estimate of drug-likeness (QED) is 0.728. The van der Waals surface area contributed by atoms with Crippen LogP contribution in [0.25, 0.3) is 0 Å². The summed E-state index contributed by atoms with van der Waals surface area (Å²) in [5.74, 6) is 1.77. The maximum absolute atomic E-state index is 5.91. The van der Waals surface area contributed by atoms with Gasteiger partial charge < -0.3 is 4.74 Å². The maximum Gasteiger partial charge on any atom is 0.121 e. The Kier molecular flexibility index (Phi) is 3.53. The molecule has 1 saturated carbocycles. The minimum absolute atomic E-state index is 0.389. The summed E-state index contributed by atoms with van der Waals surface area (Å²) in [5.41, 5.74) is 0. The summed E-state index contributed by atoms with van der Waals surface area (Å²) in [7, 11) is 0. The van der Waals surface area contributed by atoms with Crippen molar-refractivity contribution < 1.29 is 4.74 Å². The topological polar surface area (TPSA) is 9.23 Å². The summed E-state index contributed by atoms with van der Waals surface area (Å²) >= 11 is 5.91. The third-order valence-corrected chi connectivity index (χ3v) is 3.30. The van der Waals surface area contributed by atoms with Crippen LogP contribution in [0.2, 0.25) is 5.02 Å². The maximum atomic E-state index is 5.91. The molecule has 1 fully saturated rings. The van der Waals surface area contributed by atoms with Crippen molar-refractivity contribution in [3.05, 3.63) is 29.3 Å². The van der Waals surface area contributed by atoms with Gasteiger partial charge in [-0.1, -0.05) is 24.6 Å². The third-order valence-electron chi connectivity index (χ3n) is 3.06. The van der Waals surface area contributed by atoms with Crippen LogP contribution in [0, 0.1) is 5.92 Å². The summed E-state index contributed by atoms with van der Waals surface area (Å²) in [5, 5.41) is 0.747. The van der Waals surface area contributed by atoms with Crippen molar-refractivity contribution in [2.45, 2.75) is 38.7 Å². The van der Waals surface area contributed by atoms with Crippen LogP contribution in [0.1, 0.15) is 32.6 Å². The van der Waals surface area contributed by atoms with Gasteiger partial charge in [0.15, 0.2) is 0 Å². The zero-order valence-electron chi connectivity index (χ0n) is 9.08. The Balaban J connectivity index is 1.92. The van der Waals surface area contributed by atoms with Crippen molar-refractivity contribution in [1.29, 1.82) is 0 Å². The molecule has 0 bridgehead atoms. The second-order valence-electron chi connectivity index (χ2n) is 4.46. The third kappa shape index (κ3) is 3.13. The molecule has 2 heteroatoms. The number of ether oxygens (including phenoxy) is 1. The molecule has 0 saturated heterocycles. The Morgan fingerprint density at radius 3 is 2.60 bits per heavy atom. The first-order chi connectivity index (χ1) is 7.24. The Morgan fingerprint density at radius 2 is 1.93 bits per heavy atom. The van der Waals surface area contributed by atoms with Gasteiger partial charge in [-0.3, -0.25) is 0 Å². The number of halogens is 1. The van der Waals surface area contributed by atoms with E-state index in [2.05, 4.69) is 6.92 Å². The molecule has 1 aliphatic carbocycles.